The maximum Gasteiger partial charge on any atom is 0.573 e. The van der Waals surface area contributed by atoms with Gasteiger partial charge in [-0.15, -0.1) is 13.2 Å². The van der Waals surface area contributed by atoms with Crippen LogP contribution in [0, 0.1) is 10.1 Å². The Kier molecular flexibility index (Phi) is 6.07. The predicted octanol–water partition coefficient (Wildman–Crippen LogP) is 5.73. The highest BCUT2D eigenvalue weighted by Gasteiger charge is 2.31. The molecule has 5 nitrogen and oxygen atoms in total. The van der Waals surface area contributed by atoms with Crippen LogP contribution in [0.5, 0.6) is 11.5 Å². The molecule has 140 valence electrons. The fourth-order valence-electron chi connectivity index (χ4n) is 2.42. The van der Waals surface area contributed by atoms with E-state index in [4.69, 9.17) is 4.74 Å². The predicted molar refractivity (Wildman–Crippen MR) is 90.2 cm³/mol. The van der Waals surface area contributed by atoms with Crippen molar-refractivity contribution in [3.63, 3.8) is 0 Å². The fraction of sp³-hybridized carbons (Fsp3) is 0.333. The van der Waals surface area contributed by atoms with Gasteiger partial charge in [0.15, 0.2) is 5.75 Å². The molecule has 2 aromatic carbocycles. The average molecular weight is 369 g/mol. The summed E-state index contributed by atoms with van der Waals surface area (Å²) in [6.07, 6.45) is -3.46. The van der Waals surface area contributed by atoms with Crippen molar-refractivity contribution in [2.24, 2.45) is 0 Å². The van der Waals surface area contributed by atoms with Crippen LogP contribution in [0.15, 0.2) is 42.5 Å². The summed E-state index contributed by atoms with van der Waals surface area (Å²) in [4.78, 5) is 10.8. The quantitative estimate of drug-likeness (QED) is 0.462. The maximum atomic E-state index is 12.2. The zero-order valence-electron chi connectivity index (χ0n) is 14.2. The van der Waals surface area contributed by atoms with Crippen molar-refractivity contribution in [1.29, 1.82) is 0 Å². The number of hydrogen-bond donors (Lipinski definition) is 0. The Morgan fingerprint density at radius 3 is 2.12 bits per heavy atom. The topological polar surface area (TPSA) is 61.6 Å². The summed E-state index contributed by atoms with van der Waals surface area (Å²) < 4.78 is 46.1. The first-order chi connectivity index (χ1) is 12.2. The van der Waals surface area contributed by atoms with Gasteiger partial charge in [-0.25, -0.2) is 0 Å². The van der Waals surface area contributed by atoms with E-state index in [-0.39, 0.29) is 23.3 Å². The van der Waals surface area contributed by atoms with E-state index < -0.39 is 11.3 Å². The molecule has 0 aliphatic heterocycles. The lowest BCUT2D eigenvalue weighted by atomic mass is 10.0. The zero-order valence-corrected chi connectivity index (χ0v) is 14.2. The van der Waals surface area contributed by atoms with Crippen LogP contribution in [0.1, 0.15) is 26.7 Å². The maximum absolute atomic E-state index is 12.2. The molecule has 26 heavy (non-hydrogen) atoms. The third kappa shape index (κ3) is 5.11. The van der Waals surface area contributed by atoms with Crippen LogP contribution in [-0.4, -0.2) is 17.4 Å². The molecule has 0 aromatic heterocycles. The second-order valence-electron chi connectivity index (χ2n) is 5.57. The standard InChI is InChI=1S/C18H18F3NO4/c1-3-14(4-2)25-17-10-7-13(11-16(17)22(23)24)12-5-8-15(9-6-12)26-18(19,20)21/h5-11,14H,3-4H2,1-2H3. The van der Waals surface area contributed by atoms with Crippen LogP contribution in [0.3, 0.4) is 0 Å². The number of ether oxygens (including phenoxy) is 2. The lowest BCUT2D eigenvalue weighted by Crippen LogP contribution is -2.16. The number of halogens is 3. The van der Waals surface area contributed by atoms with Gasteiger partial charge in [0.25, 0.3) is 0 Å². The number of nitro groups is 1. The molecule has 0 amide bonds. The summed E-state index contributed by atoms with van der Waals surface area (Å²) in [7, 11) is 0. The molecular formula is C18H18F3NO4. The second kappa shape index (κ2) is 8.07. The minimum atomic E-state index is -4.77. The van der Waals surface area contributed by atoms with Crippen LogP contribution in [0.4, 0.5) is 18.9 Å². The molecule has 0 heterocycles. The van der Waals surface area contributed by atoms with Gasteiger partial charge >= 0.3 is 12.0 Å². The van der Waals surface area contributed by atoms with Gasteiger partial charge in [0, 0.05) is 6.07 Å². The summed E-state index contributed by atoms with van der Waals surface area (Å²) in [5.74, 6) is -0.186. The highest BCUT2D eigenvalue weighted by atomic mass is 19.4. The van der Waals surface area contributed by atoms with Gasteiger partial charge in [-0.05, 0) is 42.2 Å². The second-order valence-corrected chi connectivity index (χ2v) is 5.57. The van der Waals surface area contributed by atoms with Gasteiger partial charge in [-0.1, -0.05) is 32.0 Å². The van der Waals surface area contributed by atoms with E-state index >= 15 is 0 Å². The van der Waals surface area contributed by atoms with E-state index in [1.165, 1.54) is 24.3 Å². The van der Waals surface area contributed by atoms with Gasteiger partial charge in [0.2, 0.25) is 0 Å². The minimum absolute atomic E-state index is 0.127. The Labute approximate surface area is 148 Å². The van der Waals surface area contributed by atoms with Crippen molar-refractivity contribution in [3.05, 3.63) is 52.6 Å². The lowest BCUT2D eigenvalue weighted by Gasteiger charge is -2.16. The van der Waals surface area contributed by atoms with E-state index in [0.717, 1.165) is 25.0 Å². The molecule has 0 aliphatic carbocycles. The molecule has 0 fully saturated rings. The molecule has 0 spiro atoms. The first kappa shape index (κ1) is 19.6. The summed E-state index contributed by atoms with van der Waals surface area (Å²) >= 11 is 0. The van der Waals surface area contributed by atoms with Crippen LogP contribution >= 0.6 is 0 Å². The molecule has 0 aliphatic rings. The number of hydrogen-bond acceptors (Lipinski definition) is 4. The largest absolute Gasteiger partial charge is 0.573 e. The van der Waals surface area contributed by atoms with E-state index in [2.05, 4.69) is 4.74 Å². The fourth-order valence-corrected chi connectivity index (χ4v) is 2.42. The Morgan fingerprint density at radius 1 is 1.04 bits per heavy atom. The minimum Gasteiger partial charge on any atom is -0.484 e. The normalized spacial score (nSPS) is 11.5. The van der Waals surface area contributed by atoms with Gasteiger partial charge in [-0.3, -0.25) is 10.1 Å². The summed E-state index contributed by atoms with van der Waals surface area (Å²) in [6.45, 7) is 3.86. The summed E-state index contributed by atoms with van der Waals surface area (Å²) in [5, 5.41) is 11.4. The molecule has 8 heteroatoms. The van der Waals surface area contributed by atoms with Crippen LogP contribution in [0.25, 0.3) is 11.1 Å². The van der Waals surface area contributed by atoms with Crippen molar-refractivity contribution >= 4 is 5.69 Å². The van der Waals surface area contributed by atoms with E-state index in [1.54, 1.807) is 6.07 Å². The highest BCUT2D eigenvalue weighted by Crippen LogP contribution is 2.34. The first-order valence-electron chi connectivity index (χ1n) is 8.04. The number of alkyl halides is 3. The van der Waals surface area contributed by atoms with Crippen molar-refractivity contribution < 1.29 is 27.6 Å². The molecule has 0 bridgehead atoms. The molecule has 0 N–H and O–H groups in total. The molecule has 2 aromatic rings. The molecule has 0 radical (unpaired) electrons. The first-order valence-corrected chi connectivity index (χ1v) is 8.04. The molecule has 2 rings (SSSR count). The Hall–Kier alpha value is -2.77. The van der Waals surface area contributed by atoms with Crippen molar-refractivity contribution in [1.82, 2.24) is 0 Å². The number of benzene rings is 2. The van der Waals surface area contributed by atoms with E-state index in [0.29, 0.717) is 11.1 Å². The monoisotopic (exact) mass is 369 g/mol. The SMILES string of the molecule is CCC(CC)Oc1ccc(-c2ccc(OC(F)(F)F)cc2)cc1[N+](=O)[O-]. The Bertz CT molecular complexity index is 756. The summed E-state index contributed by atoms with van der Waals surface area (Å²) in [5.41, 5.74) is 0.828. The van der Waals surface area contributed by atoms with Crippen LogP contribution in [0.2, 0.25) is 0 Å². The molecule has 0 atom stereocenters. The van der Waals surface area contributed by atoms with Crippen molar-refractivity contribution in [2.75, 3.05) is 0 Å². The highest BCUT2D eigenvalue weighted by molar-refractivity contribution is 5.69. The number of nitro benzene ring substituents is 1. The summed E-state index contributed by atoms with van der Waals surface area (Å²) in [6, 6.07) is 9.60. The van der Waals surface area contributed by atoms with Crippen LogP contribution < -0.4 is 9.47 Å². The third-order valence-electron chi connectivity index (χ3n) is 3.78. The molecular weight excluding hydrogens is 351 g/mol. The Morgan fingerprint density at radius 2 is 1.62 bits per heavy atom. The third-order valence-corrected chi connectivity index (χ3v) is 3.78. The van der Waals surface area contributed by atoms with Gasteiger partial charge in [-0.2, -0.15) is 0 Å². The van der Waals surface area contributed by atoms with Gasteiger partial charge in [0.05, 0.1) is 11.0 Å². The molecule has 0 unspecified atom stereocenters. The van der Waals surface area contributed by atoms with Crippen molar-refractivity contribution in [2.45, 2.75) is 39.2 Å². The number of nitrogens with zero attached hydrogens (tertiary/aromatic N) is 1. The Balaban J connectivity index is 2.30. The zero-order chi connectivity index (χ0) is 19.3. The van der Waals surface area contributed by atoms with Gasteiger partial charge < -0.3 is 9.47 Å². The smallest absolute Gasteiger partial charge is 0.484 e. The lowest BCUT2D eigenvalue weighted by molar-refractivity contribution is -0.386. The van der Waals surface area contributed by atoms with Crippen LogP contribution in [-0.2, 0) is 0 Å². The molecule has 0 saturated heterocycles. The number of rotatable bonds is 7. The van der Waals surface area contributed by atoms with Crippen molar-refractivity contribution in [3.8, 4) is 22.6 Å². The van der Waals surface area contributed by atoms with Gasteiger partial charge in [0.1, 0.15) is 5.75 Å². The molecule has 0 saturated carbocycles. The van der Waals surface area contributed by atoms with E-state index in [9.17, 15) is 23.3 Å². The average Bonchev–Trinajstić information content (AvgIpc) is 2.59. The van der Waals surface area contributed by atoms with E-state index in [1.807, 2.05) is 13.8 Å².